The Morgan fingerprint density at radius 3 is 1.73 bits per heavy atom. The van der Waals surface area contributed by atoms with E-state index in [1.165, 1.54) is 12.7 Å². The molecule has 456 valence electrons. The van der Waals surface area contributed by atoms with Crippen LogP contribution in [0.5, 0.6) is 0 Å². The molecule has 4 aromatic carbocycles. The van der Waals surface area contributed by atoms with Crippen LogP contribution in [0, 0.1) is 50.2 Å². The summed E-state index contributed by atoms with van der Waals surface area (Å²) in [6.45, 7) is 17.1. The fraction of sp³-hybridized carbons (Fsp3) is 0.606. The number of aliphatic hydroxyl groups excluding tert-OH is 1. The van der Waals surface area contributed by atoms with Gasteiger partial charge in [-0.1, -0.05) is 168 Å². The predicted molar refractivity (Wildman–Crippen MR) is 315 cm³/mol. The maximum Gasteiger partial charge on any atom is 0.311 e. The average molecular weight is 1170 g/mol. The quantitative estimate of drug-likeness (QED) is 0.0996. The standard InChI is InChI=1S/C71H88O14/c1-66(2)52-29-32-71(7)60(49(72)37-47-48-38-68(4,65(74)75-8)34-33-67(48,3)35-36-70(47,71)6)69(52,5)31-30-53(66)82-64-59(58(77-40-44-23-15-10-16-24-44)56-51(81-64)42-79-62(84-56)46-27-19-12-20-28-46)85-63-54(73)57(76-39-43-21-13-9-14-22-43)55-50(80-63)41-78-61(83-55)45-25-17-11-18-26-45/h9-28,37,48,50-64,73H,29-36,38-42H2,1-8H3/t48-,50+,51+,52-,53-,54+,55+,56+,57+,58-,59+,60+,61+,62+,63-,64-,67+,68-,69-,70+,71+/m0/s1. The molecule has 21 atom stereocenters. The van der Waals surface area contributed by atoms with E-state index < -0.39 is 84.8 Å². The van der Waals surface area contributed by atoms with Gasteiger partial charge in [-0.3, -0.25) is 9.59 Å². The Morgan fingerprint density at radius 1 is 0.600 bits per heavy atom. The lowest BCUT2D eigenvalue weighted by atomic mass is 9.33. The number of ketones is 1. The van der Waals surface area contributed by atoms with Gasteiger partial charge in [0.1, 0.15) is 48.8 Å². The van der Waals surface area contributed by atoms with Crippen molar-refractivity contribution in [3.8, 4) is 0 Å². The van der Waals surface area contributed by atoms with E-state index in [9.17, 15) is 9.90 Å². The summed E-state index contributed by atoms with van der Waals surface area (Å²) in [7, 11) is 1.50. The van der Waals surface area contributed by atoms with Crippen LogP contribution in [0.2, 0.25) is 0 Å². The van der Waals surface area contributed by atoms with Crippen LogP contribution in [0.4, 0.5) is 0 Å². The molecule has 0 spiro atoms. The number of aliphatic hydroxyl groups is 1. The van der Waals surface area contributed by atoms with E-state index in [0.717, 1.165) is 67.2 Å². The molecule has 4 aliphatic heterocycles. The van der Waals surface area contributed by atoms with E-state index in [2.05, 4.69) is 54.5 Å². The maximum absolute atomic E-state index is 15.5. The van der Waals surface area contributed by atoms with Crippen LogP contribution >= 0.6 is 0 Å². The molecular formula is C71H88O14. The first-order valence-electron chi connectivity index (χ1n) is 31.5. The minimum atomic E-state index is -1.36. The third-order valence-corrected chi connectivity index (χ3v) is 23.1. The maximum atomic E-state index is 15.5. The van der Waals surface area contributed by atoms with Crippen molar-refractivity contribution in [2.75, 3.05) is 20.3 Å². The SMILES string of the molecule is COC(=O)[C@@]1(C)CC[C@]2(C)CC[C@]3(C)C(=CC(=O)[C@@H]4[C@@]5(C)CC[C@H](O[C@@H]6O[C@@H]7CO[C@@H](c8ccccc8)O[C@H]7[C@H](OCc7ccccc7)[C@H]6O[C@@H]6O[C@@H]7CO[C@@H](c8ccccc8)O[C@H]7[C@H](OCc7ccccc7)[C@H]6O)C(C)(C)[C@@H]5CC[C@]43C)[C@@H]2C1. The number of hydrogen-bond donors (Lipinski definition) is 1. The van der Waals surface area contributed by atoms with Gasteiger partial charge in [0.05, 0.1) is 45.1 Å². The Labute approximate surface area is 501 Å². The number of ether oxygens (including phenoxy) is 11. The van der Waals surface area contributed by atoms with Crippen molar-refractivity contribution in [3.05, 3.63) is 155 Å². The summed E-state index contributed by atoms with van der Waals surface area (Å²) in [6.07, 6.45) is -1.24. The summed E-state index contributed by atoms with van der Waals surface area (Å²) in [4.78, 5) is 28.9. The van der Waals surface area contributed by atoms with Gasteiger partial charge in [0.2, 0.25) is 0 Å². The van der Waals surface area contributed by atoms with Gasteiger partial charge in [0, 0.05) is 17.0 Å². The van der Waals surface area contributed by atoms with Gasteiger partial charge in [0.25, 0.3) is 0 Å². The lowest BCUT2D eigenvalue weighted by Crippen LogP contribution is -2.69. The summed E-state index contributed by atoms with van der Waals surface area (Å²) in [6, 6.07) is 39.5. The molecular weight excluding hydrogens is 1080 g/mol. The lowest BCUT2D eigenvalue weighted by molar-refractivity contribution is -0.416. The topological polar surface area (TPSA) is 156 Å². The smallest absolute Gasteiger partial charge is 0.311 e. The van der Waals surface area contributed by atoms with Crippen LogP contribution < -0.4 is 0 Å². The molecule has 1 N–H and O–H groups in total. The molecule has 0 bridgehead atoms. The van der Waals surface area contributed by atoms with Gasteiger partial charge in [-0.15, -0.1) is 0 Å². The monoisotopic (exact) mass is 1160 g/mol. The van der Waals surface area contributed by atoms with E-state index in [0.29, 0.717) is 12.8 Å². The lowest BCUT2D eigenvalue weighted by Gasteiger charge is -2.70. The first-order chi connectivity index (χ1) is 40.9. The van der Waals surface area contributed by atoms with Crippen LogP contribution in [0.1, 0.15) is 141 Å². The van der Waals surface area contributed by atoms with Crippen molar-refractivity contribution in [1.82, 2.24) is 0 Å². The number of hydrogen-bond acceptors (Lipinski definition) is 14. The van der Waals surface area contributed by atoms with Crippen molar-refractivity contribution in [3.63, 3.8) is 0 Å². The largest absolute Gasteiger partial charge is 0.469 e. The normalized spacial score (nSPS) is 42.8. The fourth-order valence-electron chi connectivity index (χ4n) is 18.1. The number of esters is 1. The molecule has 0 aromatic heterocycles. The first-order valence-corrected chi connectivity index (χ1v) is 31.5. The van der Waals surface area contributed by atoms with Crippen molar-refractivity contribution in [2.24, 2.45) is 50.2 Å². The molecule has 0 radical (unpaired) electrons. The second kappa shape index (κ2) is 23.0. The molecule has 4 heterocycles. The van der Waals surface area contributed by atoms with E-state index in [4.69, 9.17) is 52.1 Å². The zero-order valence-corrected chi connectivity index (χ0v) is 50.8. The van der Waals surface area contributed by atoms with Crippen molar-refractivity contribution >= 4 is 11.8 Å². The highest BCUT2D eigenvalue weighted by Gasteiger charge is 2.71. The number of methoxy groups -OCH3 is 1. The molecule has 8 fully saturated rings. The van der Waals surface area contributed by atoms with Crippen molar-refractivity contribution in [2.45, 2.75) is 200 Å². The molecule has 0 amide bonds. The third-order valence-electron chi connectivity index (χ3n) is 23.1. The molecule has 9 aliphatic rings. The highest BCUT2D eigenvalue weighted by molar-refractivity contribution is 5.95. The van der Waals surface area contributed by atoms with Gasteiger partial charge in [-0.2, -0.15) is 0 Å². The third kappa shape index (κ3) is 10.4. The molecule has 14 heteroatoms. The Balaban J connectivity index is 0.826. The molecule has 5 aliphatic carbocycles. The van der Waals surface area contributed by atoms with E-state index in [-0.39, 0.29) is 83.7 Å². The van der Waals surface area contributed by atoms with Crippen LogP contribution in [0.15, 0.2) is 133 Å². The highest BCUT2D eigenvalue weighted by atomic mass is 16.8. The van der Waals surface area contributed by atoms with Crippen LogP contribution in [0.25, 0.3) is 0 Å². The highest BCUT2D eigenvalue weighted by Crippen LogP contribution is 2.75. The summed E-state index contributed by atoms with van der Waals surface area (Å²) in [5.74, 6) is 0.104. The van der Waals surface area contributed by atoms with Crippen molar-refractivity contribution in [1.29, 1.82) is 0 Å². The second-order valence-corrected chi connectivity index (χ2v) is 28.3. The molecule has 4 saturated heterocycles. The Kier molecular flexibility index (Phi) is 16.1. The number of carbonyl (C=O) groups excluding carboxylic acids is 2. The summed E-state index contributed by atoms with van der Waals surface area (Å²) >= 11 is 0. The molecule has 0 unspecified atom stereocenters. The molecule has 85 heavy (non-hydrogen) atoms. The molecule has 4 saturated carbocycles. The number of rotatable bonds is 13. The van der Waals surface area contributed by atoms with Crippen LogP contribution in [-0.2, 0) is 74.9 Å². The van der Waals surface area contributed by atoms with Crippen molar-refractivity contribution < 1.29 is 66.8 Å². The fourth-order valence-corrected chi connectivity index (χ4v) is 18.1. The Hall–Kier alpha value is -4.68. The minimum absolute atomic E-state index is 0.0149. The predicted octanol–water partition coefficient (Wildman–Crippen LogP) is 12.1. The number of fused-ring (bicyclic) bond motifs is 9. The van der Waals surface area contributed by atoms with E-state index in [1.54, 1.807) is 0 Å². The van der Waals surface area contributed by atoms with Crippen LogP contribution in [-0.4, -0.2) is 105 Å². The first kappa shape index (κ1) is 59.3. The molecule has 4 aromatic rings. The summed E-state index contributed by atoms with van der Waals surface area (Å²) < 4.78 is 74.8. The van der Waals surface area contributed by atoms with Gasteiger partial charge in [-0.25, -0.2) is 0 Å². The minimum Gasteiger partial charge on any atom is -0.469 e. The van der Waals surface area contributed by atoms with Gasteiger partial charge in [-0.05, 0) is 121 Å². The Morgan fingerprint density at radius 2 is 1.14 bits per heavy atom. The zero-order chi connectivity index (χ0) is 59.1. The Bertz CT molecular complexity index is 3030. The number of carbonyl (C=O) groups is 2. The van der Waals surface area contributed by atoms with Gasteiger partial charge in [0.15, 0.2) is 30.9 Å². The number of allylic oxidation sites excluding steroid dienone is 2. The summed E-state index contributed by atoms with van der Waals surface area (Å²) in [5, 5.41) is 12.8. The number of benzene rings is 4. The summed E-state index contributed by atoms with van der Waals surface area (Å²) in [5.41, 5.74) is 2.94. The second-order valence-electron chi connectivity index (χ2n) is 28.3. The van der Waals surface area contributed by atoms with E-state index >= 15 is 4.79 Å². The average Bonchev–Trinajstić information content (AvgIpc) is 0.748. The zero-order valence-electron chi connectivity index (χ0n) is 50.8. The van der Waals surface area contributed by atoms with Crippen LogP contribution in [0.3, 0.4) is 0 Å². The van der Waals surface area contributed by atoms with Gasteiger partial charge < -0.3 is 57.2 Å². The van der Waals surface area contributed by atoms with E-state index in [1.807, 2.05) is 121 Å². The molecule has 13 rings (SSSR count). The molecule has 14 nitrogen and oxygen atoms in total. The van der Waals surface area contributed by atoms with Gasteiger partial charge >= 0.3 is 5.97 Å².